The number of carbonyl (C=O) groups is 1. The van der Waals surface area contributed by atoms with Crippen molar-refractivity contribution in [2.24, 2.45) is 5.92 Å². The van der Waals surface area contributed by atoms with Crippen LogP contribution < -0.4 is 5.73 Å². The fourth-order valence-electron chi connectivity index (χ4n) is 2.59. The summed E-state index contributed by atoms with van der Waals surface area (Å²) in [5.41, 5.74) is 6.57. The van der Waals surface area contributed by atoms with Crippen LogP contribution in [0.4, 0.5) is 5.69 Å². The molecule has 104 valence electrons. The van der Waals surface area contributed by atoms with Crippen molar-refractivity contribution in [2.45, 2.75) is 45.1 Å². The largest absolute Gasteiger partial charge is 0.459 e. The van der Waals surface area contributed by atoms with Crippen molar-refractivity contribution in [3.05, 3.63) is 28.8 Å². The molecule has 0 saturated heterocycles. The standard InChI is InChI=1S/C15H20ClNO2/c1-2-10-4-3-5-12(8-10)19-15(18)11-6-7-14(17)13(16)9-11/h6-7,9-10,12H,2-5,8,17H2,1H3. The lowest BCUT2D eigenvalue weighted by atomic mass is 9.85. The molecular formula is C15H20ClNO2. The number of esters is 1. The van der Waals surface area contributed by atoms with E-state index in [0.717, 1.165) is 25.7 Å². The van der Waals surface area contributed by atoms with E-state index in [4.69, 9.17) is 22.1 Å². The van der Waals surface area contributed by atoms with E-state index in [1.165, 1.54) is 6.42 Å². The number of anilines is 1. The Hall–Kier alpha value is -1.22. The minimum absolute atomic E-state index is 0.0440. The first-order chi connectivity index (χ1) is 9.10. The molecule has 0 amide bonds. The summed E-state index contributed by atoms with van der Waals surface area (Å²) in [6.45, 7) is 2.19. The maximum Gasteiger partial charge on any atom is 0.338 e. The molecule has 4 heteroatoms. The number of benzene rings is 1. The normalized spacial score (nSPS) is 23.1. The SMILES string of the molecule is CCC1CCCC(OC(=O)c2ccc(N)c(Cl)c2)C1. The Bertz CT molecular complexity index is 461. The molecule has 0 heterocycles. The Morgan fingerprint density at radius 2 is 2.26 bits per heavy atom. The third-order valence-corrected chi connectivity index (χ3v) is 4.15. The van der Waals surface area contributed by atoms with E-state index in [9.17, 15) is 4.79 Å². The highest BCUT2D eigenvalue weighted by Gasteiger charge is 2.24. The summed E-state index contributed by atoms with van der Waals surface area (Å²) in [5, 5.41) is 0.393. The summed E-state index contributed by atoms with van der Waals surface area (Å²) in [7, 11) is 0. The van der Waals surface area contributed by atoms with Gasteiger partial charge >= 0.3 is 5.97 Å². The van der Waals surface area contributed by atoms with Gasteiger partial charge in [-0.2, -0.15) is 0 Å². The number of nitrogens with two attached hydrogens (primary N) is 1. The summed E-state index contributed by atoms with van der Waals surface area (Å²) in [6.07, 6.45) is 5.52. The highest BCUT2D eigenvalue weighted by atomic mass is 35.5. The van der Waals surface area contributed by atoms with Gasteiger partial charge in [-0.1, -0.05) is 31.4 Å². The van der Waals surface area contributed by atoms with Crippen LogP contribution >= 0.6 is 11.6 Å². The van der Waals surface area contributed by atoms with Crippen LogP contribution in [-0.4, -0.2) is 12.1 Å². The maximum absolute atomic E-state index is 12.0. The van der Waals surface area contributed by atoms with Gasteiger partial charge in [0.05, 0.1) is 16.3 Å². The van der Waals surface area contributed by atoms with Gasteiger partial charge in [-0.3, -0.25) is 0 Å². The fraction of sp³-hybridized carbons (Fsp3) is 0.533. The van der Waals surface area contributed by atoms with E-state index in [0.29, 0.717) is 22.2 Å². The second-order valence-corrected chi connectivity index (χ2v) is 5.61. The Labute approximate surface area is 119 Å². The molecule has 2 unspecified atom stereocenters. The van der Waals surface area contributed by atoms with Gasteiger partial charge in [0.1, 0.15) is 6.10 Å². The zero-order valence-corrected chi connectivity index (χ0v) is 12.0. The molecular weight excluding hydrogens is 262 g/mol. The number of hydrogen-bond donors (Lipinski definition) is 1. The van der Waals surface area contributed by atoms with Gasteiger partial charge in [-0.05, 0) is 43.4 Å². The third-order valence-electron chi connectivity index (χ3n) is 3.82. The first-order valence-corrected chi connectivity index (χ1v) is 7.24. The smallest absolute Gasteiger partial charge is 0.338 e. The van der Waals surface area contributed by atoms with Crippen molar-refractivity contribution in [1.82, 2.24) is 0 Å². The molecule has 0 aromatic heterocycles. The molecule has 1 saturated carbocycles. The van der Waals surface area contributed by atoms with Crippen molar-refractivity contribution in [1.29, 1.82) is 0 Å². The third kappa shape index (κ3) is 3.63. The molecule has 1 aromatic rings. The molecule has 2 atom stereocenters. The second kappa shape index (κ2) is 6.29. The number of halogens is 1. The molecule has 0 bridgehead atoms. The quantitative estimate of drug-likeness (QED) is 0.672. The predicted octanol–water partition coefficient (Wildman–Crippen LogP) is 4.05. The number of nitrogen functional groups attached to an aromatic ring is 1. The highest BCUT2D eigenvalue weighted by molar-refractivity contribution is 6.33. The van der Waals surface area contributed by atoms with Crippen LogP contribution in [0, 0.1) is 5.92 Å². The molecule has 1 aliphatic rings. The van der Waals surface area contributed by atoms with E-state index in [1.54, 1.807) is 18.2 Å². The summed E-state index contributed by atoms with van der Waals surface area (Å²) in [4.78, 5) is 12.0. The maximum atomic E-state index is 12.0. The number of carbonyl (C=O) groups excluding carboxylic acids is 1. The number of rotatable bonds is 3. The summed E-state index contributed by atoms with van der Waals surface area (Å²) in [6, 6.07) is 4.86. The second-order valence-electron chi connectivity index (χ2n) is 5.20. The van der Waals surface area contributed by atoms with Gasteiger partial charge in [-0.25, -0.2) is 4.79 Å². The van der Waals surface area contributed by atoms with Crippen LogP contribution in [0.15, 0.2) is 18.2 Å². The Morgan fingerprint density at radius 1 is 1.47 bits per heavy atom. The fourth-order valence-corrected chi connectivity index (χ4v) is 2.77. The first-order valence-electron chi connectivity index (χ1n) is 6.86. The molecule has 1 aromatic carbocycles. The first kappa shape index (κ1) is 14.2. The molecule has 0 spiro atoms. The number of hydrogen-bond acceptors (Lipinski definition) is 3. The molecule has 0 radical (unpaired) electrons. The topological polar surface area (TPSA) is 52.3 Å². The minimum atomic E-state index is -0.302. The van der Waals surface area contributed by atoms with E-state index >= 15 is 0 Å². The molecule has 3 nitrogen and oxygen atoms in total. The zero-order chi connectivity index (χ0) is 13.8. The molecule has 2 N–H and O–H groups in total. The lowest BCUT2D eigenvalue weighted by molar-refractivity contribution is 0.0140. The van der Waals surface area contributed by atoms with Gasteiger partial charge in [-0.15, -0.1) is 0 Å². The molecule has 1 aliphatic carbocycles. The van der Waals surface area contributed by atoms with Crippen molar-refractivity contribution in [3.8, 4) is 0 Å². The highest BCUT2D eigenvalue weighted by Crippen LogP contribution is 2.29. The monoisotopic (exact) mass is 281 g/mol. The van der Waals surface area contributed by atoms with Gasteiger partial charge in [0.2, 0.25) is 0 Å². The summed E-state index contributed by atoms with van der Waals surface area (Å²) >= 11 is 5.91. The predicted molar refractivity (Wildman–Crippen MR) is 77.3 cm³/mol. The Kier molecular flexibility index (Phi) is 4.70. The molecule has 0 aliphatic heterocycles. The van der Waals surface area contributed by atoms with Crippen molar-refractivity contribution < 1.29 is 9.53 Å². The summed E-state index contributed by atoms with van der Waals surface area (Å²) < 4.78 is 5.57. The van der Waals surface area contributed by atoms with Crippen LogP contribution in [0.2, 0.25) is 5.02 Å². The number of ether oxygens (including phenoxy) is 1. The van der Waals surface area contributed by atoms with Crippen LogP contribution in [0.3, 0.4) is 0 Å². The lowest BCUT2D eigenvalue weighted by Gasteiger charge is -2.28. The van der Waals surface area contributed by atoms with Crippen molar-refractivity contribution in [3.63, 3.8) is 0 Å². The van der Waals surface area contributed by atoms with Gasteiger partial charge in [0.25, 0.3) is 0 Å². The van der Waals surface area contributed by atoms with E-state index in [1.807, 2.05) is 0 Å². The van der Waals surface area contributed by atoms with Crippen molar-refractivity contribution in [2.75, 3.05) is 5.73 Å². The lowest BCUT2D eigenvalue weighted by Crippen LogP contribution is -2.25. The average molecular weight is 282 g/mol. The van der Waals surface area contributed by atoms with E-state index in [2.05, 4.69) is 6.92 Å². The van der Waals surface area contributed by atoms with E-state index in [-0.39, 0.29) is 12.1 Å². The van der Waals surface area contributed by atoms with Gasteiger partial charge in [0, 0.05) is 0 Å². The zero-order valence-electron chi connectivity index (χ0n) is 11.2. The average Bonchev–Trinajstić information content (AvgIpc) is 2.42. The van der Waals surface area contributed by atoms with Crippen LogP contribution in [0.25, 0.3) is 0 Å². The van der Waals surface area contributed by atoms with Gasteiger partial charge in [0.15, 0.2) is 0 Å². The minimum Gasteiger partial charge on any atom is -0.459 e. The van der Waals surface area contributed by atoms with Crippen molar-refractivity contribution >= 4 is 23.3 Å². The van der Waals surface area contributed by atoms with Crippen LogP contribution in [0.5, 0.6) is 0 Å². The Balaban J connectivity index is 1.98. The van der Waals surface area contributed by atoms with Crippen LogP contribution in [-0.2, 0) is 4.74 Å². The van der Waals surface area contributed by atoms with Crippen LogP contribution in [0.1, 0.15) is 49.4 Å². The molecule has 2 rings (SSSR count). The van der Waals surface area contributed by atoms with E-state index < -0.39 is 0 Å². The Morgan fingerprint density at radius 3 is 2.95 bits per heavy atom. The van der Waals surface area contributed by atoms with Gasteiger partial charge < -0.3 is 10.5 Å². The summed E-state index contributed by atoms with van der Waals surface area (Å²) in [5.74, 6) is 0.380. The molecule has 1 fully saturated rings. The molecule has 19 heavy (non-hydrogen) atoms.